The Morgan fingerprint density at radius 2 is 2.38 bits per heavy atom. The minimum atomic E-state index is -0.733. The van der Waals surface area contributed by atoms with Gasteiger partial charge in [-0.15, -0.1) is 11.8 Å². The molecule has 13 heavy (non-hydrogen) atoms. The molecule has 1 saturated heterocycles. The molecule has 0 amide bonds. The largest absolute Gasteiger partial charge is 0.480 e. The Balaban J connectivity index is 2.68. The number of carbonyl (C=O) groups is 1. The van der Waals surface area contributed by atoms with Gasteiger partial charge >= 0.3 is 5.97 Å². The van der Waals surface area contributed by atoms with Crippen LogP contribution in [0.4, 0.5) is 0 Å². The summed E-state index contributed by atoms with van der Waals surface area (Å²) < 4.78 is 0. The maximum absolute atomic E-state index is 10.8. The molecule has 0 aromatic rings. The van der Waals surface area contributed by atoms with Crippen molar-refractivity contribution in [2.75, 3.05) is 5.75 Å². The van der Waals surface area contributed by atoms with Gasteiger partial charge in [0.05, 0.1) is 4.87 Å². The summed E-state index contributed by atoms with van der Waals surface area (Å²) in [6.07, 6.45) is 0.971. The molecule has 3 nitrogen and oxygen atoms in total. The fraction of sp³-hybridized carbons (Fsp3) is 0.889. The van der Waals surface area contributed by atoms with Crippen molar-refractivity contribution < 1.29 is 9.90 Å². The molecule has 1 rings (SSSR count). The summed E-state index contributed by atoms with van der Waals surface area (Å²) >= 11 is 1.74. The number of hydrogen-bond donors (Lipinski definition) is 2. The van der Waals surface area contributed by atoms with Crippen LogP contribution in [-0.4, -0.2) is 27.7 Å². The standard InChI is InChI=1S/C9H17NO2S/c1-4-9(6(2)3)10-7(5-13-9)8(11)12/h6-7,10H,4-5H2,1-3H3,(H,11,12)/t7-,9+/m0/s1. The van der Waals surface area contributed by atoms with Gasteiger partial charge in [0.2, 0.25) is 0 Å². The van der Waals surface area contributed by atoms with Crippen molar-refractivity contribution in [1.82, 2.24) is 5.32 Å². The molecule has 1 heterocycles. The lowest BCUT2D eigenvalue weighted by Gasteiger charge is -2.32. The van der Waals surface area contributed by atoms with Crippen molar-refractivity contribution in [2.45, 2.75) is 38.1 Å². The smallest absolute Gasteiger partial charge is 0.321 e. The molecule has 76 valence electrons. The molecule has 0 spiro atoms. The van der Waals surface area contributed by atoms with Gasteiger partial charge in [-0.1, -0.05) is 20.8 Å². The van der Waals surface area contributed by atoms with Crippen LogP contribution in [0.1, 0.15) is 27.2 Å². The summed E-state index contributed by atoms with van der Waals surface area (Å²) in [5, 5.41) is 12.1. The molecule has 0 aromatic heterocycles. The molecule has 4 heteroatoms. The van der Waals surface area contributed by atoms with Gasteiger partial charge in [-0.25, -0.2) is 0 Å². The number of carboxylic acid groups (broad SMARTS) is 1. The van der Waals surface area contributed by atoms with Crippen LogP contribution in [0.3, 0.4) is 0 Å². The summed E-state index contributed by atoms with van der Waals surface area (Å²) in [4.78, 5) is 10.7. The number of thioether (sulfide) groups is 1. The van der Waals surface area contributed by atoms with Gasteiger partial charge in [-0.2, -0.15) is 0 Å². The molecule has 0 aromatic carbocycles. The lowest BCUT2D eigenvalue weighted by atomic mass is 10.00. The summed E-state index contributed by atoms with van der Waals surface area (Å²) in [7, 11) is 0. The average molecular weight is 203 g/mol. The first-order valence-electron chi connectivity index (χ1n) is 4.66. The summed E-state index contributed by atoms with van der Waals surface area (Å²) in [6.45, 7) is 6.37. The first kappa shape index (κ1) is 10.9. The van der Waals surface area contributed by atoms with Crippen LogP contribution in [0, 0.1) is 5.92 Å². The van der Waals surface area contributed by atoms with Crippen molar-refractivity contribution in [3.8, 4) is 0 Å². The highest BCUT2D eigenvalue weighted by Gasteiger charge is 2.42. The zero-order chi connectivity index (χ0) is 10.1. The molecule has 1 aliphatic heterocycles. The SMILES string of the molecule is CC[C@@]1(C(C)C)N[C@H](C(=O)O)CS1. The van der Waals surface area contributed by atoms with Crippen LogP contribution in [0.15, 0.2) is 0 Å². The minimum absolute atomic E-state index is 0.0247. The third-order valence-corrected chi connectivity index (χ3v) is 4.58. The number of rotatable bonds is 3. The molecule has 0 bridgehead atoms. The normalized spacial score (nSPS) is 34.0. The van der Waals surface area contributed by atoms with E-state index in [1.54, 1.807) is 11.8 Å². The van der Waals surface area contributed by atoms with E-state index in [9.17, 15) is 4.79 Å². The van der Waals surface area contributed by atoms with E-state index in [0.29, 0.717) is 11.7 Å². The molecule has 0 aliphatic carbocycles. The van der Waals surface area contributed by atoms with E-state index >= 15 is 0 Å². The Morgan fingerprint density at radius 1 is 1.77 bits per heavy atom. The fourth-order valence-electron chi connectivity index (χ4n) is 1.69. The molecular weight excluding hydrogens is 186 g/mol. The van der Waals surface area contributed by atoms with Crippen LogP contribution >= 0.6 is 11.8 Å². The molecule has 0 unspecified atom stereocenters. The van der Waals surface area contributed by atoms with Crippen molar-refractivity contribution in [3.63, 3.8) is 0 Å². The maximum Gasteiger partial charge on any atom is 0.321 e. The zero-order valence-corrected chi connectivity index (χ0v) is 9.15. The predicted molar refractivity (Wildman–Crippen MR) is 54.9 cm³/mol. The minimum Gasteiger partial charge on any atom is -0.480 e. The highest BCUT2D eigenvalue weighted by molar-refractivity contribution is 8.01. The molecule has 1 fully saturated rings. The molecule has 2 N–H and O–H groups in total. The van der Waals surface area contributed by atoms with Gasteiger partial charge < -0.3 is 5.11 Å². The molecule has 1 aliphatic rings. The van der Waals surface area contributed by atoms with Crippen molar-refractivity contribution in [2.24, 2.45) is 5.92 Å². The fourth-order valence-corrected chi connectivity index (χ4v) is 3.14. The van der Waals surface area contributed by atoms with Crippen LogP contribution in [0.2, 0.25) is 0 Å². The van der Waals surface area contributed by atoms with Gasteiger partial charge in [0, 0.05) is 5.75 Å². The van der Waals surface area contributed by atoms with Crippen molar-refractivity contribution in [1.29, 1.82) is 0 Å². The summed E-state index contributed by atoms with van der Waals surface area (Å²) in [5.41, 5.74) is 0. The van der Waals surface area contributed by atoms with Crippen molar-refractivity contribution >= 4 is 17.7 Å². The first-order valence-corrected chi connectivity index (χ1v) is 5.65. The summed E-state index contributed by atoms with van der Waals surface area (Å²) in [6, 6.07) is -0.368. The topological polar surface area (TPSA) is 49.3 Å². The average Bonchev–Trinajstić information content (AvgIpc) is 2.49. The summed E-state index contributed by atoms with van der Waals surface area (Å²) in [5.74, 6) is 0.414. The highest BCUT2D eigenvalue weighted by atomic mass is 32.2. The van der Waals surface area contributed by atoms with Crippen molar-refractivity contribution in [3.05, 3.63) is 0 Å². The Kier molecular flexibility index (Phi) is 3.24. The number of nitrogens with one attached hydrogen (secondary N) is 1. The number of carboxylic acids is 1. The lowest BCUT2D eigenvalue weighted by molar-refractivity contribution is -0.139. The van der Waals surface area contributed by atoms with Gasteiger partial charge in [0.25, 0.3) is 0 Å². The van der Waals surface area contributed by atoms with Crippen LogP contribution in [0.5, 0.6) is 0 Å². The second kappa shape index (κ2) is 3.88. The van der Waals surface area contributed by atoms with Gasteiger partial charge in [0.1, 0.15) is 6.04 Å². The van der Waals surface area contributed by atoms with E-state index in [1.807, 2.05) is 0 Å². The number of hydrogen-bond acceptors (Lipinski definition) is 3. The second-order valence-corrected chi connectivity index (χ2v) is 5.09. The van der Waals surface area contributed by atoms with Gasteiger partial charge in [-0.3, -0.25) is 10.1 Å². The van der Waals surface area contributed by atoms with E-state index in [0.717, 1.165) is 6.42 Å². The quantitative estimate of drug-likeness (QED) is 0.730. The molecule has 0 radical (unpaired) electrons. The third-order valence-electron chi connectivity index (χ3n) is 2.68. The predicted octanol–water partition coefficient (Wildman–Crippen LogP) is 1.54. The van der Waals surface area contributed by atoms with Gasteiger partial charge in [-0.05, 0) is 12.3 Å². The Hall–Kier alpha value is -0.220. The lowest BCUT2D eigenvalue weighted by Crippen LogP contribution is -2.47. The van der Waals surface area contributed by atoms with E-state index in [1.165, 1.54) is 0 Å². The van der Waals surface area contributed by atoms with Crippen LogP contribution in [-0.2, 0) is 4.79 Å². The van der Waals surface area contributed by atoms with Gasteiger partial charge in [0.15, 0.2) is 0 Å². The Labute approximate surface area is 83.3 Å². The van der Waals surface area contributed by atoms with E-state index in [4.69, 9.17) is 5.11 Å². The second-order valence-electron chi connectivity index (χ2n) is 3.74. The Bertz CT molecular complexity index is 208. The highest BCUT2D eigenvalue weighted by Crippen LogP contribution is 2.39. The molecule has 2 atom stereocenters. The number of aliphatic carboxylic acids is 1. The van der Waals surface area contributed by atoms with Crippen LogP contribution < -0.4 is 5.32 Å². The van der Waals surface area contributed by atoms with E-state index in [2.05, 4.69) is 26.1 Å². The van der Waals surface area contributed by atoms with E-state index < -0.39 is 5.97 Å². The van der Waals surface area contributed by atoms with Crippen LogP contribution in [0.25, 0.3) is 0 Å². The molecular formula is C9H17NO2S. The Morgan fingerprint density at radius 3 is 2.62 bits per heavy atom. The monoisotopic (exact) mass is 203 g/mol. The molecule has 0 saturated carbocycles. The first-order chi connectivity index (χ1) is 6.02. The third kappa shape index (κ3) is 1.99. The van der Waals surface area contributed by atoms with E-state index in [-0.39, 0.29) is 10.9 Å². The zero-order valence-electron chi connectivity index (χ0n) is 8.33. The maximum atomic E-state index is 10.8.